The Morgan fingerprint density at radius 2 is 1.82 bits per heavy atom. The minimum atomic E-state index is -0.255. The highest BCUT2D eigenvalue weighted by atomic mass is 16.6. The Kier molecular flexibility index (Phi) is 7.27. The molecule has 3 unspecified atom stereocenters. The van der Waals surface area contributed by atoms with Crippen LogP contribution in [-0.4, -0.2) is 31.3 Å². The molecule has 3 aromatic carbocycles. The summed E-state index contributed by atoms with van der Waals surface area (Å²) in [6.07, 6.45) is 6.83. The van der Waals surface area contributed by atoms with Gasteiger partial charge in [-0.15, -0.1) is 0 Å². The fourth-order valence-corrected chi connectivity index (χ4v) is 5.63. The second-order valence-electron chi connectivity index (χ2n) is 9.87. The average Bonchev–Trinajstić information content (AvgIpc) is 3.41. The number of rotatable bonds is 7. The summed E-state index contributed by atoms with van der Waals surface area (Å²) in [6.45, 7) is 3.41. The summed E-state index contributed by atoms with van der Waals surface area (Å²) < 4.78 is 11.0. The maximum Gasteiger partial charge on any atom is 0.338 e. The van der Waals surface area contributed by atoms with Gasteiger partial charge in [-0.3, -0.25) is 0 Å². The van der Waals surface area contributed by atoms with Crippen molar-refractivity contribution in [2.24, 2.45) is 0 Å². The fourth-order valence-electron chi connectivity index (χ4n) is 5.63. The molecule has 4 heteroatoms. The normalized spacial score (nSPS) is 23.6. The summed E-state index contributed by atoms with van der Waals surface area (Å²) >= 11 is 0. The Balaban J connectivity index is 1.19. The third-order valence-corrected chi connectivity index (χ3v) is 7.49. The van der Waals surface area contributed by atoms with Crippen LogP contribution in [0.3, 0.4) is 0 Å². The molecular formula is C30H35NO3. The Labute approximate surface area is 202 Å². The van der Waals surface area contributed by atoms with Crippen LogP contribution in [0.25, 0.3) is 10.8 Å². The zero-order valence-corrected chi connectivity index (χ0v) is 20.0. The molecule has 1 heterocycles. The maximum absolute atomic E-state index is 12.4. The number of ether oxygens (including phenoxy) is 2. The largest absolute Gasteiger partial charge is 0.459 e. The summed E-state index contributed by atoms with van der Waals surface area (Å²) in [7, 11) is 0. The van der Waals surface area contributed by atoms with Gasteiger partial charge >= 0.3 is 5.97 Å². The van der Waals surface area contributed by atoms with E-state index in [1.54, 1.807) is 0 Å². The standard InChI is InChI=1S/C30H35NO3/c1-21(28-13-5-8-23-7-2-3-12-29(23)28)31-26-10-4-9-25(19-26)22-14-16-24(17-15-22)30(32)34-20-27-11-6-18-33-27/h2-3,5,7-8,12-17,21,25-27,31H,4,6,9-11,18-20H2,1H3/t21-,25?,26?,27?/m1/s1. The Morgan fingerprint density at radius 1 is 1.00 bits per heavy atom. The fraction of sp³-hybridized carbons (Fsp3) is 0.433. The lowest BCUT2D eigenvalue weighted by Gasteiger charge is -2.32. The lowest BCUT2D eigenvalue weighted by atomic mass is 9.81. The lowest BCUT2D eigenvalue weighted by molar-refractivity contribution is 0.0161. The Hall–Kier alpha value is -2.69. The van der Waals surface area contributed by atoms with Gasteiger partial charge in [-0.1, -0.05) is 61.0 Å². The number of hydrogen-bond donors (Lipinski definition) is 1. The first-order valence-corrected chi connectivity index (χ1v) is 12.8. The highest BCUT2D eigenvalue weighted by Crippen LogP contribution is 2.34. The third-order valence-electron chi connectivity index (χ3n) is 7.49. The SMILES string of the molecule is C[C@@H](NC1CCCC(c2ccc(C(=O)OCC3CCCO3)cc2)C1)c1cccc2ccccc12. The van der Waals surface area contributed by atoms with Crippen molar-refractivity contribution in [1.29, 1.82) is 0 Å². The van der Waals surface area contributed by atoms with Crippen LogP contribution in [0.1, 0.15) is 78.9 Å². The number of nitrogens with one attached hydrogen (secondary N) is 1. The Bertz CT molecular complexity index is 1100. The van der Waals surface area contributed by atoms with E-state index in [1.807, 2.05) is 12.1 Å². The monoisotopic (exact) mass is 457 g/mol. The second-order valence-corrected chi connectivity index (χ2v) is 9.87. The van der Waals surface area contributed by atoms with Crippen LogP contribution in [0.15, 0.2) is 66.7 Å². The van der Waals surface area contributed by atoms with Crippen LogP contribution in [0.5, 0.6) is 0 Å². The minimum absolute atomic E-state index is 0.0613. The van der Waals surface area contributed by atoms with E-state index in [0.717, 1.165) is 25.9 Å². The highest BCUT2D eigenvalue weighted by Gasteiger charge is 2.25. The molecule has 1 saturated carbocycles. The zero-order chi connectivity index (χ0) is 23.3. The first kappa shape index (κ1) is 23.1. The van der Waals surface area contributed by atoms with Crippen molar-refractivity contribution < 1.29 is 14.3 Å². The summed E-state index contributed by atoms with van der Waals surface area (Å²) in [5.74, 6) is 0.261. The van der Waals surface area contributed by atoms with Crippen molar-refractivity contribution in [1.82, 2.24) is 5.32 Å². The molecule has 0 amide bonds. The predicted molar refractivity (Wildman–Crippen MR) is 136 cm³/mol. The number of carbonyl (C=O) groups excluding carboxylic acids is 1. The molecule has 4 nitrogen and oxygen atoms in total. The van der Waals surface area contributed by atoms with Gasteiger partial charge < -0.3 is 14.8 Å². The maximum atomic E-state index is 12.4. The van der Waals surface area contributed by atoms with Gasteiger partial charge in [0.25, 0.3) is 0 Å². The molecule has 3 aromatic rings. The van der Waals surface area contributed by atoms with Crippen molar-refractivity contribution in [2.45, 2.75) is 69.6 Å². The topological polar surface area (TPSA) is 47.6 Å². The van der Waals surface area contributed by atoms with Crippen LogP contribution in [-0.2, 0) is 9.47 Å². The first-order chi connectivity index (χ1) is 16.7. The molecule has 1 saturated heterocycles. The molecule has 0 aromatic heterocycles. The number of carbonyl (C=O) groups is 1. The van der Waals surface area contributed by atoms with Gasteiger partial charge in [0.1, 0.15) is 6.61 Å². The van der Waals surface area contributed by atoms with Gasteiger partial charge in [0.2, 0.25) is 0 Å². The molecule has 34 heavy (non-hydrogen) atoms. The lowest BCUT2D eigenvalue weighted by Crippen LogP contribution is -2.35. The number of hydrogen-bond acceptors (Lipinski definition) is 4. The Morgan fingerprint density at radius 3 is 2.65 bits per heavy atom. The third kappa shape index (κ3) is 5.34. The number of benzene rings is 3. The zero-order valence-electron chi connectivity index (χ0n) is 20.0. The van der Waals surface area contributed by atoms with Crippen molar-refractivity contribution >= 4 is 16.7 Å². The molecule has 0 bridgehead atoms. The molecule has 178 valence electrons. The number of esters is 1. The number of fused-ring (bicyclic) bond motifs is 1. The van der Waals surface area contributed by atoms with Gasteiger partial charge in [0.15, 0.2) is 0 Å². The van der Waals surface area contributed by atoms with Gasteiger partial charge in [0.05, 0.1) is 11.7 Å². The second kappa shape index (κ2) is 10.7. The van der Waals surface area contributed by atoms with Crippen LogP contribution >= 0.6 is 0 Å². The van der Waals surface area contributed by atoms with Crippen LogP contribution in [0, 0.1) is 0 Å². The summed E-state index contributed by atoms with van der Waals surface area (Å²) in [4.78, 5) is 12.4. The summed E-state index contributed by atoms with van der Waals surface area (Å²) in [6, 6.07) is 24.1. The molecule has 4 atom stereocenters. The van der Waals surface area contributed by atoms with E-state index in [0.29, 0.717) is 30.2 Å². The molecule has 2 aliphatic rings. The smallest absolute Gasteiger partial charge is 0.338 e. The van der Waals surface area contributed by atoms with Crippen molar-refractivity contribution in [3.63, 3.8) is 0 Å². The van der Waals surface area contributed by atoms with Crippen molar-refractivity contribution in [3.05, 3.63) is 83.4 Å². The van der Waals surface area contributed by atoms with Crippen LogP contribution < -0.4 is 5.32 Å². The quantitative estimate of drug-likeness (QED) is 0.409. The summed E-state index contributed by atoms with van der Waals surface area (Å²) in [5.41, 5.74) is 3.31. The van der Waals surface area contributed by atoms with Crippen molar-refractivity contribution in [2.75, 3.05) is 13.2 Å². The molecule has 5 rings (SSSR count). The molecule has 0 spiro atoms. The predicted octanol–water partition coefficient (Wildman–Crippen LogP) is 6.55. The first-order valence-electron chi connectivity index (χ1n) is 12.8. The molecule has 1 N–H and O–H groups in total. The molecule has 0 radical (unpaired) electrons. The molecule has 1 aliphatic carbocycles. The van der Waals surface area contributed by atoms with E-state index in [-0.39, 0.29) is 12.1 Å². The van der Waals surface area contributed by atoms with Gasteiger partial charge in [0, 0.05) is 18.7 Å². The molecule has 1 aliphatic heterocycles. The summed E-state index contributed by atoms with van der Waals surface area (Å²) in [5, 5.41) is 6.54. The highest BCUT2D eigenvalue weighted by molar-refractivity contribution is 5.89. The van der Waals surface area contributed by atoms with E-state index in [2.05, 4.69) is 66.8 Å². The van der Waals surface area contributed by atoms with E-state index in [4.69, 9.17) is 9.47 Å². The molecular weight excluding hydrogens is 422 g/mol. The van der Waals surface area contributed by atoms with Gasteiger partial charge in [-0.25, -0.2) is 4.79 Å². The van der Waals surface area contributed by atoms with E-state index in [9.17, 15) is 4.79 Å². The van der Waals surface area contributed by atoms with E-state index in [1.165, 1.54) is 41.2 Å². The molecule has 2 fully saturated rings. The van der Waals surface area contributed by atoms with Crippen molar-refractivity contribution in [3.8, 4) is 0 Å². The van der Waals surface area contributed by atoms with Crippen LogP contribution in [0.4, 0.5) is 0 Å². The van der Waals surface area contributed by atoms with Gasteiger partial charge in [-0.05, 0) is 79.0 Å². The van der Waals surface area contributed by atoms with Gasteiger partial charge in [-0.2, -0.15) is 0 Å². The van der Waals surface area contributed by atoms with E-state index >= 15 is 0 Å². The average molecular weight is 458 g/mol. The van der Waals surface area contributed by atoms with Crippen LogP contribution in [0.2, 0.25) is 0 Å². The minimum Gasteiger partial charge on any atom is -0.459 e. The van der Waals surface area contributed by atoms with E-state index < -0.39 is 0 Å².